The van der Waals surface area contributed by atoms with Gasteiger partial charge < -0.3 is 9.47 Å². The van der Waals surface area contributed by atoms with E-state index in [1.165, 1.54) is 19.5 Å². The van der Waals surface area contributed by atoms with Crippen LogP contribution in [0, 0.1) is 0 Å². The SMILES string of the molecule is COc1c(Cl)ncc(C(=O)OCc2ccccc2)c1-c1ccnc(Cl)c1. The fourth-order valence-corrected chi connectivity index (χ4v) is 2.85. The normalized spacial score (nSPS) is 10.4. The van der Waals surface area contributed by atoms with Gasteiger partial charge in [-0.25, -0.2) is 14.8 Å². The average molecular weight is 389 g/mol. The number of hydrogen-bond donors (Lipinski definition) is 0. The molecule has 3 aromatic rings. The first kappa shape index (κ1) is 18.2. The van der Waals surface area contributed by atoms with Crippen molar-refractivity contribution < 1.29 is 14.3 Å². The lowest BCUT2D eigenvalue weighted by Gasteiger charge is -2.14. The van der Waals surface area contributed by atoms with Crippen molar-refractivity contribution >= 4 is 29.2 Å². The number of benzene rings is 1. The Bertz CT molecular complexity index is 933. The molecule has 0 radical (unpaired) electrons. The van der Waals surface area contributed by atoms with Gasteiger partial charge in [0.05, 0.1) is 12.7 Å². The van der Waals surface area contributed by atoms with Crippen molar-refractivity contribution in [1.29, 1.82) is 0 Å². The monoisotopic (exact) mass is 388 g/mol. The lowest BCUT2D eigenvalue weighted by molar-refractivity contribution is 0.0473. The van der Waals surface area contributed by atoms with Crippen LogP contribution < -0.4 is 4.74 Å². The third-order valence-electron chi connectivity index (χ3n) is 3.64. The van der Waals surface area contributed by atoms with Gasteiger partial charge in [-0.3, -0.25) is 0 Å². The summed E-state index contributed by atoms with van der Waals surface area (Å²) < 4.78 is 10.8. The Labute approximate surface area is 160 Å². The van der Waals surface area contributed by atoms with Crippen molar-refractivity contribution in [3.05, 3.63) is 76.3 Å². The number of carbonyl (C=O) groups excluding carboxylic acids is 1. The third kappa shape index (κ3) is 3.95. The molecule has 0 N–H and O–H groups in total. The Morgan fingerprint density at radius 3 is 2.58 bits per heavy atom. The van der Waals surface area contributed by atoms with E-state index in [-0.39, 0.29) is 28.2 Å². The van der Waals surface area contributed by atoms with Crippen LogP contribution in [-0.2, 0) is 11.3 Å². The number of nitrogens with zero attached hydrogens (tertiary/aromatic N) is 2. The molecule has 0 bridgehead atoms. The Balaban J connectivity index is 1.99. The van der Waals surface area contributed by atoms with Crippen LogP contribution in [0.15, 0.2) is 54.9 Å². The summed E-state index contributed by atoms with van der Waals surface area (Å²) in [5, 5.41) is 0.413. The van der Waals surface area contributed by atoms with E-state index in [2.05, 4.69) is 9.97 Å². The maximum atomic E-state index is 12.7. The lowest BCUT2D eigenvalue weighted by atomic mass is 10.0. The largest absolute Gasteiger partial charge is 0.493 e. The smallest absolute Gasteiger partial charge is 0.340 e. The molecule has 0 amide bonds. The van der Waals surface area contributed by atoms with E-state index < -0.39 is 5.97 Å². The van der Waals surface area contributed by atoms with Crippen LogP contribution in [0.5, 0.6) is 5.75 Å². The van der Waals surface area contributed by atoms with Gasteiger partial charge in [-0.15, -0.1) is 0 Å². The van der Waals surface area contributed by atoms with Gasteiger partial charge in [0.15, 0.2) is 10.9 Å². The minimum absolute atomic E-state index is 0.134. The molecule has 5 nitrogen and oxygen atoms in total. The highest BCUT2D eigenvalue weighted by Crippen LogP contribution is 2.38. The lowest BCUT2D eigenvalue weighted by Crippen LogP contribution is -2.09. The first-order valence-electron chi connectivity index (χ1n) is 7.65. The predicted molar refractivity (Wildman–Crippen MR) is 99.6 cm³/mol. The molecule has 0 saturated heterocycles. The van der Waals surface area contributed by atoms with E-state index in [4.69, 9.17) is 32.7 Å². The fourth-order valence-electron chi connectivity index (χ4n) is 2.46. The summed E-state index contributed by atoms with van der Waals surface area (Å²) in [6.07, 6.45) is 2.90. The van der Waals surface area contributed by atoms with Crippen molar-refractivity contribution in [2.24, 2.45) is 0 Å². The molecule has 7 heteroatoms. The first-order valence-corrected chi connectivity index (χ1v) is 8.41. The minimum atomic E-state index is -0.542. The zero-order valence-electron chi connectivity index (χ0n) is 13.8. The van der Waals surface area contributed by atoms with Crippen molar-refractivity contribution in [3.8, 4) is 16.9 Å². The highest BCUT2D eigenvalue weighted by atomic mass is 35.5. The molecule has 26 heavy (non-hydrogen) atoms. The summed E-state index contributed by atoms with van der Waals surface area (Å²) in [5.74, 6) is -0.276. The zero-order valence-corrected chi connectivity index (χ0v) is 15.3. The van der Waals surface area contributed by atoms with Gasteiger partial charge in [0.2, 0.25) is 0 Å². The fraction of sp³-hybridized carbons (Fsp3) is 0.105. The molecular weight excluding hydrogens is 375 g/mol. The highest BCUT2D eigenvalue weighted by Gasteiger charge is 2.22. The molecule has 0 fully saturated rings. The van der Waals surface area contributed by atoms with Gasteiger partial charge in [0, 0.05) is 18.0 Å². The average Bonchev–Trinajstić information content (AvgIpc) is 2.66. The number of rotatable bonds is 5. The van der Waals surface area contributed by atoms with Crippen LogP contribution in [0.4, 0.5) is 0 Å². The van der Waals surface area contributed by atoms with Gasteiger partial charge in [-0.05, 0) is 23.3 Å². The van der Waals surface area contributed by atoms with Crippen LogP contribution in [0.1, 0.15) is 15.9 Å². The van der Waals surface area contributed by atoms with Crippen LogP contribution in [0.3, 0.4) is 0 Å². The maximum absolute atomic E-state index is 12.7. The highest BCUT2D eigenvalue weighted by molar-refractivity contribution is 6.32. The van der Waals surface area contributed by atoms with E-state index in [0.717, 1.165) is 5.56 Å². The van der Waals surface area contributed by atoms with Crippen molar-refractivity contribution in [2.75, 3.05) is 7.11 Å². The molecule has 0 aliphatic heterocycles. The Kier molecular flexibility index (Phi) is 5.71. The first-order chi connectivity index (χ1) is 12.6. The quantitative estimate of drug-likeness (QED) is 0.463. The minimum Gasteiger partial charge on any atom is -0.493 e. The number of esters is 1. The molecule has 3 rings (SSSR count). The number of pyridine rings is 2. The molecule has 0 unspecified atom stereocenters. The van der Waals surface area contributed by atoms with E-state index >= 15 is 0 Å². The van der Waals surface area contributed by atoms with Gasteiger partial charge in [0.1, 0.15) is 11.8 Å². The molecule has 2 aromatic heterocycles. The summed E-state index contributed by atoms with van der Waals surface area (Å²) in [4.78, 5) is 20.6. The summed E-state index contributed by atoms with van der Waals surface area (Å²) in [6.45, 7) is 0.140. The van der Waals surface area contributed by atoms with Crippen molar-refractivity contribution in [3.63, 3.8) is 0 Å². The summed E-state index contributed by atoms with van der Waals surface area (Å²) >= 11 is 12.1. The van der Waals surface area contributed by atoms with E-state index in [1.807, 2.05) is 30.3 Å². The predicted octanol–water partition coefficient (Wildman–Crippen LogP) is 4.82. The zero-order chi connectivity index (χ0) is 18.5. The maximum Gasteiger partial charge on any atom is 0.340 e. The second-order valence-corrected chi connectivity index (χ2v) is 6.05. The molecule has 2 heterocycles. The van der Waals surface area contributed by atoms with Crippen LogP contribution in [-0.4, -0.2) is 23.0 Å². The molecule has 132 valence electrons. The summed E-state index contributed by atoms with van der Waals surface area (Å²) in [5.41, 5.74) is 2.18. The second-order valence-electron chi connectivity index (χ2n) is 5.30. The molecular formula is C19H14Cl2N2O3. The Morgan fingerprint density at radius 1 is 1.12 bits per heavy atom. The van der Waals surface area contributed by atoms with E-state index in [1.54, 1.807) is 12.1 Å². The van der Waals surface area contributed by atoms with Gasteiger partial charge in [-0.1, -0.05) is 53.5 Å². The third-order valence-corrected chi connectivity index (χ3v) is 4.12. The summed E-state index contributed by atoms with van der Waals surface area (Å²) in [6, 6.07) is 12.7. The van der Waals surface area contributed by atoms with Crippen molar-refractivity contribution in [2.45, 2.75) is 6.61 Å². The van der Waals surface area contributed by atoms with Crippen LogP contribution in [0.2, 0.25) is 10.3 Å². The Morgan fingerprint density at radius 2 is 1.88 bits per heavy atom. The van der Waals surface area contributed by atoms with E-state index in [0.29, 0.717) is 11.1 Å². The molecule has 0 aliphatic rings. The van der Waals surface area contributed by atoms with E-state index in [9.17, 15) is 4.79 Å². The molecule has 1 aromatic carbocycles. The van der Waals surface area contributed by atoms with Crippen LogP contribution in [0.25, 0.3) is 11.1 Å². The number of carbonyl (C=O) groups is 1. The Hall–Kier alpha value is -2.63. The van der Waals surface area contributed by atoms with Gasteiger partial charge in [-0.2, -0.15) is 0 Å². The number of methoxy groups -OCH3 is 1. The molecule has 0 saturated carbocycles. The number of halogens is 2. The van der Waals surface area contributed by atoms with Crippen molar-refractivity contribution in [1.82, 2.24) is 9.97 Å². The number of hydrogen-bond acceptors (Lipinski definition) is 5. The topological polar surface area (TPSA) is 61.3 Å². The summed E-state index contributed by atoms with van der Waals surface area (Å²) in [7, 11) is 1.45. The van der Waals surface area contributed by atoms with Crippen LogP contribution >= 0.6 is 23.2 Å². The van der Waals surface area contributed by atoms with Gasteiger partial charge in [0.25, 0.3) is 0 Å². The number of ether oxygens (including phenoxy) is 2. The standard InChI is InChI=1S/C19H14Cl2N2O3/c1-25-17-16(13-7-8-22-15(20)9-13)14(10-23-18(17)21)19(24)26-11-12-5-3-2-4-6-12/h2-10H,11H2,1H3. The molecule has 0 aliphatic carbocycles. The van der Waals surface area contributed by atoms with Gasteiger partial charge >= 0.3 is 5.97 Å². The molecule has 0 atom stereocenters. The second kappa shape index (κ2) is 8.17. The number of aromatic nitrogens is 2. The molecule has 0 spiro atoms.